The summed E-state index contributed by atoms with van der Waals surface area (Å²) < 4.78 is 25.8. The van der Waals surface area contributed by atoms with Crippen LogP contribution in [0.4, 0.5) is 10.1 Å². The van der Waals surface area contributed by atoms with E-state index in [0.29, 0.717) is 17.0 Å². The van der Waals surface area contributed by atoms with E-state index in [-0.39, 0.29) is 23.5 Å². The van der Waals surface area contributed by atoms with E-state index in [1.165, 1.54) is 18.8 Å². The standard InChI is InChI=1S/C25H23FN2O3/c26-18-9-6-8-17(16-18)23(28-13-4-1-5-14-28)24-22(19-10-2-3-11-20(19)31-24)27-25(29)21-12-7-15-30-21/h2-3,6-12,15-16,23H,1,4-5,13-14H2,(H,27,29)/t23-/m1/s1. The van der Waals surface area contributed by atoms with Gasteiger partial charge in [0.05, 0.1) is 18.0 Å². The number of carbonyl (C=O) groups is 1. The molecule has 31 heavy (non-hydrogen) atoms. The van der Waals surface area contributed by atoms with E-state index in [1.807, 2.05) is 30.3 Å². The minimum Gasteiger partial charge on any atom is -0.459 e. The molecule has 0 aliphatic carbocycles. The fourth-order valence-corrected chi connectivity index (χ4v) is 4.35. The Morgan fingerprint density at radius 1 is 1.00 bits per heavy atom. The third-order valence-corrected chi connectivity index (χ3v) is 5.77. The van der Waals surface area contributed by atoms with Crippen molar-refractivity contribution in [3.05, 3.63) is 89.8 Å². The van der Waals surface area contributed by atoms with Crippen LogP contribution in [0.1, 0.15) is 47.2 Å². The van der Waals surface area contributed by atoms with Crippen LogP contribution in [-0.4, -0.2) is 23.9 Å². The molecule has 2 aromatic heterocycles. The molecule has 1 aliphatic rings. The van der Waals surface area contributed by atoms with Crippen LogP contribution in [-0.2, 0) is 0 Å². The second-order valence-electron chi connectivity index (χ2n) is 7.82. The molecular weight excluding hydrogens is 395 g/mol. The summed E-state index contributed by atoms with van der Waals surface area (Å²) in [4.78, 5) is 15.1. The Morgan fingerprint density at radius 3 is 2.61 bits per heavy atom. The maximum Gasteiger partial charge on any atom is 0.291 e. The summed E-state index contributed by atoms with van der Waals surface area (Å²) in [5.74, 6) is 0.177. The number of amides is 1. The van der Waals surface area contributed by atoms with Gasteiger partial charge in [0.2, 0.25) is 0 Å². The average Bonchev–Trinajstić information content (AvgIpc) is 3.44. The van der Waals surface area contributed by atoms with E-state index in [4.69, 9.17) is 8.83 Å². The first kappa shape index (κ1) is 19.6. The van der Waals surface area contributed by atoms with Crippen molar-refractivity contribution in [2.75, 3.05) is 18.4 Å². The predicted molar refractivity (Wildman–Crippen MR) is 117 cm³/mol. The van der Waals surface area contributed by atoms with Crippen molar-refractivity contribution < 1.29 is 18.0 Å². The molecule has 1 N–H and O–H groups in total. The lowest BCUT2D eigenvalue weighted by atomic mass is 9.98. The number of anilines is 1. The van der Waals surface area contributed by atoms with Crippen molar-refractivity contribution >= 4 is 22.6 Å². The lowest BCUT2D eigenvalue weighted by Crippen LogP contribution is -2.34. The number of furan rings is 2. The minimum atomic E-state index is -0.352. The fraction of sp³-hybridized carbons (Fsp3) is 0.240. The zero-order chi connectivity index (χ0) is 21.2. The van der Waals surface area contributed by atoms with E-state index in [1.54, 1.807) is 24.3 Å². The predicted octanol–water partition coefficient (Wildman–Crippen LogP) is 5.99. The number of benzene rings is 2. The van der Waals surface area contributed by atoms with E-state index in [9.17, 15) is 9.18 Å². The summed E-state index contributed by atoms with van der Waals surface area (Å²) in [6, 6.07) is 17.2. The maximum atomic E-state index is 14.2. The number of rotatable bonds is 5. The summed E-state index contributed by atoms with van der Waals surface area (Å²) in [6.45, 7) is 1.76. The molecule has 0 bridgehead atoms. The van der Waals surface area contributed by atoms with Crippen LogP contribution in [0.15, 0.2) is 75.8 Å². The second kappa shape index (κ2) is 8.40. The molecule has 1 atom stereocenters. The number of likely N-dealkylation sites (tertiary alicyclic amines) is 1. The summed E-state index contributed by atoms with van der Waals surface area (Å²) in [7, 11) is 0. The van der Waals surface area contributed by atoms with Crippen LogP contribution >= 0.6 is 0 Å². The summed E-state index contributed by atoms with van der Waals surface area (Å²) in [5, 5.41) is 3.79. The molecule has 0 radical (unpaired) electrons. The Labute approximate surface area is 179 Å². The highest BCUT2D eigenvalue weighted by atomic mass is 19.1. The van der Waals surface area contributed by atoms with E-state index in [0.717, 1.165) is 36.9 Å². The smallest absolute Gasteiger partial charge is 0.291 e. The number of fused-ring (bicyclic) bond motifs is 1. The van der Waals surface area contributed by atoms with Gasteiger partial charge in [-0.3, -0.25) is 9.69 Å². The molecule has 4 aromatic rings. The largest absolute Gasteiger partial charge is 0.459 e. The van der Waals surface area contributed by atoms with Crippen molar-refractivity contribution in [2.45, 2.75) is 25.3 Å². The molecule has 1 amide bonds. The SMILES string of the molecule is O=C(Nc1c([C@@H](c2cccc(F)c2)N2CCCCC2)oc2ccccc12)c1ccco1. The summed E-state index contributed by atoms with van der Waals surface area (Å²) in [5.41, 5.74) is 2.07. The van der Waals surface area contributed by atoms with Gasteiger partial charge in [-0.25, -0.2) is 4.39 Å². The van der Waals surface area contributed by atoms with Crippen LogP contribution in [0.3, 0.4) is 0 Å². The average molecular weight is 418 g/mol. The highest BCUT2D eigenvalue weighted by Crippen LogP contribution is 2.41. The summed E-state index contributed by atoms with van der Waals surface area (Å²) in [6.07, 6.45) is 4.78. The molecule has 2 aromatic carbocycles. The van der Waals surface area contributed by atoms with Crippen molar-refractivity contribution in [2.24, 2.45) is 0 Å². The molecule has 158 valence electrons. The molecule has 1 aliphatic heterocycles. The zero-order valence-corrected chi connectivity index (χ0v) is 17.0. The van der Waals surface area contributed by atoms with Crippen molar-refractivity contribution in [1.29, 1.82) is 0 Å². The van der Waals surface area contributed by atoms with Gasteiger partial charge in [0, 0.05) is 5.39 Å². The zero-order valence-electron chi connectivity index (χ0n) is 17.0. The number of piperidine rings is 1. The highest BCUT2D eigenvalue weighted by molar-refractivity contribution is 6.08. The van der Waals surface area contributed by atoms with Gasteiger partial charge in [-0.2, -0.15) is 0 Å². The van der Waals surface area contributed by atoms with Gasteiger partial charge in [-0.1, -0.05) is 30.7 Å². The van der Waals surface area contributed by atoms with Gasteiger partial charge in [0.1, 0.15) is 17.2 Å². The lowest BCUT2D eigenvalue weighted by molar-refractivity contribution is 0.0996. The number of halogens is 1. The quantitative estimate of drug-likeness (QED) is 0.432. The van der Waals surface area contributed by atoms with Gasteiger partial charge < -0.3 is 14.2 Å². The van der Waals surface area contributed by atoms with E-state index in [2.05, 4.69) is 10.2 Å². The molecule has 3 heterocycles. The third kappa shape index (κ3) is 3.86. The van der Waals surface area contributed by atoms with Gasteiger partial charge in [-0.15, -0.1) is 0 Å². The van der Waals surface area contributed by atoms with Crippen molar-refractivity contribution in [3.63, 3.8) is 0 Å². The van der Waals surface area contributed by atoms with Crippen LogP contribution in [0, 0.1) is 5.82 Å². The Hall–Kier alpha value is -3.38. The normalized spacial score (nSPS) is 15.8. The fourth-order valence-electron chi connectivity index (χ4n) is 4.35. The third-order valence-electron chi connectivity index (χ3n) is 5.77. The molecular formula is C25H23FN2O3. The van der Waals surface area contributed by atoms with Gasteiger partial charge in [-0.05, 0) is 67.9 Å². The number of hydrogen-bond donors (Lipinski definition) is 1. The first-order chi connectivity index (χ1) is 15.2. The number of nitrogens with one attached hydrogen (secondary N) is 1. The molecule has 5 nitrogen and oxygen atoms in total. The lowest BCUT2D eigenvalue weighted by Gasteiger charge is -2.34. The number of hydrogen-bond acceptors (Lipinski definition) is 4. The van der Waals surface area contributed by atoms with Gasteiger partial charge in [0.15, 0.2) is 5.76 Å². The molecule has 1 saturated heterocycles. The highest BCUT2D eigenvalue weighted by Gasteiger charge is 2.31. The first-order valence-electron chi connectivity index (χ1n) is 10.6. The molecule has 0 saturated carbocycles. The minimum absolute atomic E-state index is 0.219. The summed E-state index contributed by atoms with van der Waals surface area (Å²) >= 11 is 0. The van der Waals surface area contributed by atoms with E-state index >= 15 is 0 Å². The van der Waals surface area contributed by atoms with Gasteiger partial charge >= 0.3 is 0 Å². The van der Waals surface area contributed by atoms with Crippen LogP contribution < -0.4 is 5.32 Å². The Bertz CT molecular complexity index is 1190. The topological polar surface area (TPSA) is 58.6 Å². The van der Waals surface area contributed by atoms with Crippen molar-refractivity contribution in [3.8, 4) is 0 Å². The van der Waals surface area contributed by atoms with Crippen LogP contribution in [0.2, 0.25) is 0 Å². The molecule has 0 spiro atoms. The molecule has 5 rings (SSSR count). The Morgan fingerprint density at radius 2 is 1.84 bits per heavy atom. The second-order valence-corrected chi connectivity index (χ2v) is 7.82. The monoisotopic (exact) mass is 418 g/mol. The number of para-hydroxylation sites is 1. The maximum absolute atomic E-state index is 14.2. The number of nitrogens with zero attached hydrogens (tertiary/aromatic N) is 1. The van der Waals surface area contributed by atoms with Crippen LogP contribution in [0.25, 0.3) is 11.0 Å². The van der Waals surface area contributed by atoms with Gasteiger partial charge in [0.25, 0.3) is 5.91 Å². The molecule has 0 unspecified atom stereocenters. The van der Waals surface area contributed by atoms with Crippen LogP contribution in [0.5, 0.6) is 0 Å². The van der Waals surface area contributed by atoms with Crippen molar-refractivity contribution in [1.82, 2.24) is 4.90 Å². The van der Waals surface area contributed by atoms with E-state index < -0.39 is 0 Å². The molecule has 6 heteroatoms. The Balaban J connectivity index is 1.65. The molecule has 1 fully saturated rings. The Kier molecular flexibility index (Phi) is 5.30. The number of carbonyl (C=O) groups excluding carboxylic acids is 1. The first-order valence-corrected chi connectivity index (χ1v) is 10.6.